The molecular formula is C35H53N5O2. The Morgan fingerprint density at radius 1 is 0.619 bits per heavy atom. The normalized spacial score (nSPS) is 10.8. The predicted octanol–water partition coefficient (Wildman–Crippen LogP) is 6.61. The lowest BCUT2D eigenvalue weighted by molar-refractivity contribution is 0.256. The molecule has 230 valence electrons. The summed E-state index contributed by atoms with van der Waals surface area (Å²) in [6, 6.07) is 21.0. The number of unbranched alkanes of at least 4 members (excludes halogenated alkanes) is 2. The number of hydrogen-bond acceptors (Lipinski definition) is 7. The van der Waals surface area contributed by atoms with E-state index in [-0.39, 0.29) is 0 Å². The van der Waals surface area contributed by atoms with Crippen LogP contribution in [0.25, 0.3) is 21.5 Å². The van der Waals surface area contributed by atoms with E-state index in [1.165, 1.54) is 43.5 Å². The SMILES string of the molecule is CCCCc1cc2ccccc2c(OCCN(C)C)n1.CCCCc1cc2ccccc2c(OCCN(C)C)n1.CN. The first-order valence-corrected chi connectivity index (χ1v) is 15.3. The molecule has 0 atom stereocenters. The van der Waals surface area contributed by atoms with Gasteiger partial charge in [0, 0.05) is 35.2 Å². The minimum absolute atomic E-state index is 0.668. The summed E-state index contributed by atoms with van der Waals surface area (Å²) in [7, 11) is 9.69. The number of pyridine rings is 2. The third-order valence-electron chi connectivity index (χ3n) is 6.64. The van der Waals surface area contributed by atoms with Crippen LogP contribution in [0.1, 0.15) is 50.9 Å². The van der Waals surface area contributed by atoms with Crippen molar-refractivity contribution >= 4 is 21.5 Å². The van der Waals surface area contributed by atoms with E-state index in [2.05, 4.69) is 77.9 Å². The van der Waals surface area contributed by atoms with E-state index in [1.807, 2.05) is 40.3 Å². The molecule has 0 spiro atoms. The first kappa shape index (κ1) is 34.9. The minimum Gasteiger partial charge on any atom is -0.476 e. The van der Waals surface area contributed by atoms with Gasteiger partial charge in [-0.3, -0.25) is 0 Å². The zero-order valence-corrected chi connectivity index (χ0v) is 27.0. The Hall–Kier alpha value is -3.26. The number of benzene rings is 2. The number of hydrogen-bond donors (Lipinski definition) is 1. The van der Waals surface area contributed by atoms with E-state index in [4.69, 9.17) is 19.4 Å². The highest BCUT2D eigenvalue weighted by atomic mass is 16.5. The topological polar surface area (TPSA) is 76.7 Å². The summed E-state index contributed by atoms with van der Waals surface area (Å²) < 4.78 is 11.8. The fourth-order valence-electron chi connectivity index (χ4n) is 4.28. The zero-order valence-electron chi connectivity index (χ0n) is 27.0. The molecule has 0 amide bonds. The van der Waals surface area contributed by atoms with Crippen molar-refractivity contribution in [3.63, 3.8) is 0 Å². The Morgan fingerprint density at radius 3 is 1.36 bits per heavy atom. The molecule has 7 nitrogen and oxygen atoms in total. The van der Waals surface area contributed by atoms with Crippen LogP contribution in [0, 0.1) is 0 Å². The third-order valence-corrected chi connectivity index (χ3v) is 6.64. The van der Waals surface area contributed by atoms with Crippen molar-refractivity contribution in [2.45, 2.75) is 52.4 Å². The summed E-state index contributed by atoms with van der Waals surface area (Å²) >= 11 is 0. The van der Waals surface area contributed by atoms with Gasteiger partial charge >= 0.3 is 0 Å². The Morgan fingerprint density at radius 2 is 1.00 bits per heavy atom. The lowest BCUT2D eigenvalue weighted by Crippen LogP contribution is -2.19. The van der Waals surface area contributed by atoms with Gasteiger partial charge in [-0.1, -0.05) is 63.1 Å². The molecule has 0 aliphatic heterocycles. The summed E-state index contributed by atoms with van der Waals surface area (Å²) in [4.78, 5) is 13.6. The van der Waals surface area contributed by atoms with Crippen molar-refractivity contribution in [2.75, 3.05) is 61.5 Å². The molecule has 4 rings (SSSR count). The van der Waals surface area contributed by atoms with E-state index >= 15 is 0 Å². The molecular weight excluding hydrogens is 522 g/mol. The molecule has 42 heavy (non-hydrogen) atoms. The van der Waals surface area contributed by atoms with Crippen molar-refractivity contribution < 1.29 is 9.47 Å². The largest absolute Gasteiger partial charge is 0.476 e. The number of nitrogens with zero attached hydrogens (tertiary/aromatic N) is 4. The summed E-state index contributed by atoms with van der Waals surface area (Å²) in [6.45, 7) is 7.54. The molecule has 2 aromatic carbocycles. The van der Waals surface area contributed by atoms with Gasteiger partial charge in [-0.15, -0.1) is 0 Å². The molecule has 0 bridgehead atoms. The molecule has 0 fully saturated rings. The van der Waals surface area contributed by atoms with E-state index in [9.17, 15) is 0 Å². The van der Waals surface area contributed by atoms with Crippen LogP contribution in [0.15, 0.2) is 60.7 Å². The van der Waals surface area contributed by atoms with Crippen molar-refractivity contribution in [1.82, 2.24) is 19.8 Å². The van der Waals surface area contributed by atoms with E-state index < -0.39 is 0 Å². The Balaban J connectivity index is 0.000000277. The zero-order chi connectivity index (χ0) is 30.7. The highest BCUT2D eigenvalue weighted by molar-refractivity contribution is 5.87. The second-order valence-corrected chi connectivity index (χ2v) is 10.8. The van der Waals surface area contributed by atoms with Crippen LogP contribution in [0.3, 0.4) is 0 Å². The Labute approximate surface area is 254 Å². The monoisotopic (exact) mass is 575 g/mol. The molecule has 2 heterocycles. The quantitative estimate of drug-likeness (QED) is 0.181. The fourth-order valence-corrected chi connectivity index (χ4v) is 4.28. The number of rotatable bonds is 14. The molecule has 2 aromatic heterocycles. The molecule has 0 radical (unpaired) electrons. The summed E-state index contributed by atoms with van der Waals surface area (Å²) in [5.41, 5.74) is 6.76. The maximum Gasteiger partial charge on any atom is 0.221 e. The Kier molecular flexibility index (Phi) is 16.5. The van der Waals surface area contributed by atoms with Crippen LogP contribution in [-0.4, -0.2) is 81.3 Å². The van der Waals surface area contributed by atoms with Gasteiger partial charge in [0.15, 0.2) is 0 Å². The average Bonchev–Trinajstić information content (AvgIpc) is 3.00. The van der Waals surface area contributed by atoms with Gasteiger partial charge in [-0.2, -0.15) is 0 Å². The standard InChI is InChI=1S/2C17H24N2O.CH5N/c2*1-4-5-9-15-13-14-8-6-7-10-16(14)17(18-15)20-12-11-19(2)3;1-2/h2*6-8,10,13H,4-5,9,11-12H2,1-3H3;2H2,1H3. The second-order valence-electron chi connectivity index (χ2n) is 10.8. The fraction of sp³-hybridized carbons (Fsp3) is 0.486. The van der Waals surface area contributed by atoms with Gasteiger partial charge in [-0.25, -0.2) is 9.97 Å². The molecule has 4 aromatic rings. The maximum absolute atomic E-state index is 5.90. The molecule has 7 heteroatoms. The van der Waals surface area contributed by atoms with Crippen molar-refractivity contribution in [1.29, 1.82) is 0 Å². The number of fused-ring (bicyclic) bond motifs is 2. The predicted molar refractivity (Wildman–Crippen MR) is 179 cm³/mol. The number of aromatic nitrogens is 2. The lowest BCUT2D eigenvalue weighted by atomic mass is 10.1. The summed E-state index contributed by atoms with van der Waals surface area (Å²) in [6.07, 6.45) is 6.75. The number of likely N-dealkylation sites (N-methyl/N-ethyl adjacent to an activating group) is 2. The van der Waals surface area contributed by atoms with Gasteiger partial charge in [0.25, 0.3) is 0 Å². The van der Waals surface area contributed by atoms with Gasteiger partial charge < -0.3 is 25.0 Å². The highest BCUT2D eigenvalue weighted by Crippen LogP contribution is 2.26. The smallest absolute Gasteiger partial charge is 0.221 e. The second kappa shape index (κ2) is 19.8. The van der Waals surface area contributed by atoms with Crippen LogP contribution < -0.4 is 15.2 Å². The van der Waals surface area contributed by atoms with Crippen LogP contribution in [0.4, 0.5) is 0 Å². The van der Waals surface area contributed by atoms with Gasteiger partial charge in [0.05, 0.1) is 0 Å². The number of ether oxygens (including phenoxy) is 2. The molecule has 0 saturated carbocycles. The van der Waals surface area contributed by atoms with E-state index in [0.717, 1.165) is 59.9 Å². The molecule has 0 saturated heterocycles. The summed E-state index contributed by atoms with van der Waals surface area (Å²) in [5, 5.41) is 4.64. The molecule has 2 N–H and O–H groups in total. The van der Waals surface area contributed by atoms with Crippen LogP contribution >= 0.6 is 0 Å². The molecule has 0 aliphatic carbocycles. The van der Waals surface area contributed by atoms with E-state index in [1.54, 1.807) is 0 Å². The average molecular weight is 576 g/mol. The Bertz CT molecular complexity index is 1210. The first-order chi connectivity index (χ1) is 20.4. The number of aryl methyl sites for hydroxylation is 2. The van der Waals surface area contributed by atoms with Gasteiger partial charge in [-0.05, 0) is 96.0 Å². The lowest BCUT2D eigenvalue weighted by Gasteiger charge is -2.13. The van der Waals surface area contributed by atoms with Crippen LogP contribution in [-0.2, 0) is 12.8 Å². The molecule has 0 aliphatic rings. The van der Waals surface area contributed by atoms with Crippen LogP contribution in [0.2, 0.25) is 0 Å². The van der Waals surface area contributed by atoms with Gasteiger partial charge in [0.1, 0.15) is 13.2 Å². The van der Waals surface area contributed by atoms with Gasteiger partial charge in [0.2, 0.25) is 11.8 Å². The molecule has 0 unspecified atom stereocenters. The maximum atomic E-state index is 5.90. The van der Waals surface area contributed by atoms with E-state index in [0.29, 0.717) is 13.2 Å². The van der Waals surface area contributed by atoms with Crippen molar-refractivity contribution in [3.8, 4) is 11.8 Å². The van der Waals surface area contributed by atoms with Crippen molar-refractivity contribution in [2.24, 2.45) is 5.73 Å². The number of nitrogens with two attached hydrogens (primary N) is 1. The first-order valence-electron chi connectivity index (χ1n) is 15.3. The third kappa shape index (κ3) is 11.9. The highest BCUT2D eigenvalue weighted by Gasteiger charge is 2.08. The summed E-state index contributed by atoms with van der Waals surface area (Å²) in [5.74, 6) is 1.55. The minimum atomic E-state index is 0.668. The van der Waals surface area contributed by atoms with Crippen LogP contribution in [0.5, 0.6) is 11.8 Å². The van der Waals surface area contributed by atoms with Crippen molar-refractivity contribution in [3.05, 3.63) is 72.1 Å².